The molecule has 96 valence electrons. The van der Waals surface area contributed by atoms with Gasteiger partial charge >= 0.3 is 0 Å². The number of ether oxygens (including phenoxy) is 1. The molecule has 0 bridgehead atoms. The monoisotopic (exact) mass is 259 g/mol. The number of nitrogens with zero attached hydrogens (tertiary/aromatic N) is 1. The van der Waals surface area contributed by atoms with Crippen molar-refractivity contribution in [3.8, 4) is 5.75 Å². The zero-order valence-electron chi connectivity index (χ0n) is 10.4. The van der Waals surface area contributed by atoms with Crippen molar-refractivity contribution in [1.29, 1.82) is 0 Å². The van der Waals surface area contributed by atoms with Gasteiger partial charge in [0.15, 0.2) is 0 Å². The standard InChI is InChI=1S/C13H19ClFNO/c1-3-7-16(8-6-14)10-11-4-5-12(17-2)9-13(11)15/h4-5,9H,3,6-8,10H2,1-2H3. The Morgan fingerprint density at radius 2 is 2.12 bits per heavy atom. The van der Waals surface area contributed by atoms with E-state index in [1.54, 1.807) is 12.1 Å². The van der Waals surface area contributed by atoms with Crippen molar-refractivity contribution in [2.45, 2.75) is 19.9 Å². The van der Waals surface area contributed by atoms with Crippen molar-refractivity contribution in [2.75, 3.05) is 26.1 Å². The van der Waals surface area contributed by atoms with Crippen LogP contribution < -0.4 is 4.74 Å². The lowest BCUT2D eigenvalue weighted by molar-refractivity contribution is 0.278. The third-order valence-electron chi connectivity index (χ3n) is 2.59. The zero-order valence-corrected chi connectivity index (χ0v) is 11.1. The van der Waals surface area contributed by atoms with E-state index in [1.807, 2.05) is 0 Å². The highest BCUT2D eigenvalue weighted by Gasteiger charge is 2.09. The first-order valence-corrected chi connectivity index (χ1v) is 6.35. The Balaban J connectivity index is 2.71. The molecule has 0 aliphatic rings. The van der Waals surface area contributed by atoms with Crippen LogP contribution in [0, 0.1) is 5.82 Å². The van der Waals surface area contributed by atoms with Gasteiger partial charge in [0.25, 0.3) is 0 Å². The summed E-state index contributed by atoms with van der Waals surface area (Å²) in [7, 11) is 1.53. The highest BCUT2D eigenvalue weighted by atomic mass is 35.5. The van der Waals surface area contributed by atoms with Crippen LogP contribution in [0.15, 0.2) is 18.2 Å². The summed E-state index contributed by atoms with van der Waals surface area (Å²) in [5.41, 5.74) is 0.685. The summed E-state index contributed by atoms with van der Waals surface area (Å²) < 4.78 is 18.7. The molecule has 0 radical (unpaired) electrons. The molecule has 0 saturated carbocycles. The highest BCUT2D eigenvalue weighted by Crippen LogP contribution is 2.17. The Labute approximate surface area is 107 Å². The molecule has 0 spiro atoms. The van der Waals surface area contributed by atoms with Crippen LogP contribution in [0.2, 0.25) is 0 Å². The van der Waals surface area contributed by atoms with Gasteiger partial charge in [-0.05, 0) is 19.0 Å². The van der Waals surface area contributed by atoms with Gasteiger partial charge < -0.3 is 4.74 Å². The number of hydrogen-bond acceptors (Lipinski definition) is 2. The predicted octanol–water partition coefficient (Wildman–Crippen LogP) is 3.29. The molecule has 0 N–H and O–H groups in total. The van der Waals surface area contributed by atoms with Gasteiger partial charge in [-0.3, -0.25) is 4.90 Å². The molecule has 1 aromatic carbocycles. The summed E-state index contributed by atoms with van der Waals surface area (Å²) in [5.74, 6) is 0.892. The van der Waals surface area contributed by atoms with E-state index < -0.39 is 0 Å². The van der Waals surface area contributed by atoms with E-state index in [-0.39, 0.29) is 5.82 Å². The van der Waals surface area contributed by atoms with E-state index in [2.05, 4.69) is 11.8 Å². The second-order valence-electron chi connectivity index (χ2n) is 3.92. The summed E-state index contributed by atoms with van der Waals surface area (Å²) in [6, 6.07) is 4.97. The van der Waals surface area contributed by atoms with Crippen LogP contribution in [-0.4, -0.2) is 31.0 Å². The normalized spacial score (nSPS) is 10.9. The van der Waals surface area contributed by atoms with Gasteiger partial charge in [0.2, 0.25) is 0 Å². The van der Waals surface area contributed by atoms with Crippen molar-refractivity contribution >= 4 is 11.6 Å². The molecule has 0 fully saturated rings. The quantitative estimate of drug-likeness (QED) is 0.697. The molecule has 2 nitrogen and oxygen atoms in total. The minimum Gasteiger partial charge on any atom is -0.497 e. The Bertz CT molecular complexity index is 340. The number of halogens is 2. The van der Waals surface area contributed by atoms with Crippen LogP contribution >= 0.6 is 11.6 Å². The van der Waals surface area contributed by atoms with E-state index in [0.29, 0.717) is 23.7 Å². The average Bonchev–Trinajstić information content (AvgIpc) is 2.32. The third-order valence-corrected chi connectivity index (χ3v) is 2.76. The summed E-state index contributed by atoms with van der Waals surface area (Å²) in [5, 5.41) is 0. The first-order chi connectivity index (χ1) is 8.21. The largest absolute Gasteiger partial charge is 0.497 e. The van der Waals surface area contributed by atoms with Gasteiger partial charge in [0.05, 0.1) is 7.11 Å². The molecule has 0 heterocycles. The van der Waals surface area contributed by atoms with Gasteiger partial charge in [-0.25, -0.2) is 4.39 Å². The molecular weight excluding hydrogens is 241 g/mol. The van der Waals surface area contributed by atoms with Crippen LogP contribution in [-0.2, 0) is 6.54 Å². The molecule has 1 rings (SSSR count). The van der Waals surface area contributed by atoms with Crippen molar-refractivity contribution in [2.24, 2.45) is 0 Å². The Morgan fingerprint density at radius 1 is 1.35 bits per heavy atom. The van der Waals surface area contributed by atoms with Gasteiger partial charge in [-0.15, -0.1) is 11.6 Å². The molecule has 0 amide bonds. The lowest BCUT2D eigenvalue weighted by Gasteiger charge is -2.20. The molecule has 0 aromatic heterocycles. The van der Waals surface area contributed by atoms with E-state index in [4.69, 9.17) is 16.3 Å². The van der Waals surface area contributed by atoms with E-state index in [0.717, 1.165) is 19.5 Å². The minimum atomic E-state index is -0.222. The number of benzene rings is 1. The van der Waals surface area contributed by atoms with Crippen molar-refractivity contribution in [1.82, 2.24) is 4.90 Å². The number of hydrogen-bond donors (Lipinski definition) is 0. The number of methoxy groups -OCH3 is 1. The fraction of sp³-hybridized carbons (Fsp3) is 0.538. The number of rotatable bonds is 7. The predicted molar refractivity (Wildman–Crippen MR) is 69.2 cm³/mol. The molecule has 0 aliphatic heterocycles. The van der Waals surface area contributed by atoms with Crippen LogP contribution in [0.25, 0.3) is 0 Å². The maximum absolute atomic E-state index is 13.7. The summed E-state index contributed by atoms with van der Waals surface area (Å²) in [6.07, 6.45) is 1.04. The smallest absolute Gasteiger partial charge is 0.131 e. The molecule has 1 aromatic rings. The fourth-order valence-corrected chi connectivity index (χ4v) is 1.97. The summed E-state index contributed by atoms with van der Waals surface area (Å²) in [6.45, 7) is 4.40. The first kappa shape index (κ1) is 14.3. The maximum Gasteiger partial charge on any atom is 0.131 e. The summed E-state index contributed by atoms with van der Waals surface area (Å²) >= 11 is 5.73. The van der Waals surface area contributed by atoms with Gasteiger partial charge in [-0.1, -0.05) is 13.0 Å². The maximum atomic E-state index is 13.7. The van der Waals surface area contributed by atoms with Gasteiger partial charge in [0.1, 0.15) is 11.6 Å². The number of alkyl halides is 1. The van der Waals surface area contributed by atoms with Gasteiger partial charge in [-0.2, -0.15) is 0 Å². The van der Waals surface area contributed by atoms with Crippen LogP contribution in [0.1, 0.15) is 18.9 Å². The molecular formula is C13H19ClFNO. The van der Waals surface area contributed by atoms with E-state index in [9.17, 15) is 4.39 Å². The van der Waals surface area contributed by atoms with Crippen molar-refractivity contribution in [3.63, 3.8) is 0 Å². The molecule has 0 saturated heterocycles. The van der Waals surface area contributed by atoms with E-state index in [1.165, 1.54) is 13.2 Å². The molecule has 4 heteroatoms. The Hall–Kier alpha value is -0.800. The molecule has 0 atom stereocenters. The Morgan fingerprint density at radius 3 is 2.65 bits per heavy atom. The van der Waals surface area contributed by atoms with Crippen molar-refractivity contribution in [3.05, 3.63) is 29.6 Å². The lowest BCUT2D eigenvalue weighted by Crippen LogP contribution is -2.26. The third kappa shape index (κ3) is 4.52. The highest BCUT2D eigenvalue weighted by molar-refractivity contribution is 6.18. The fourth-order valence-electron chi connectivity index (χ4n) is 1.73. The molecule has 17 heavy (non-hydrogen) atoms. The topological polar surface area (TPSA) is 12.5 Å². The minimum absolute atomic E-state index is 0.222. The molecule has 0 unspecified atom stereocenters. The average molecular weight is 260 g/mol. The van der Waals surface area contributed by atoms with Crippen LogP contribution in [0.4, 0.5) is 4.39 Å². The molecule has 0 aliphatic carbocycles. The second-order valence-corrected chi connectivity index (χ2v) is 4.30. The van der Waals surface area contributed by atoms with Gasteiger partial charge in [0, 0.05) is 30.6 Å². The van der Waals surface area contributed by atoms with Crippen LogP contribution in [0.3, 0.4) is 0 Å². The Kier molecular flexibility index (Phi) is 6.30. The SMILES string of the molecule is CCCN(CCCl)Cc1ccc(OC)cc1F. The lowest BCUT2D eigenvalue weighted by atomic mass is 10.2. The summed E-state index contributed by atoms with van der Waals surface area (Å²) in [4.78, 5) is 2.15. The van der Waals surface area contributed by atoms with E-state index >= 15 is 0 Å². The van der Waals surface area contributed by atoms with Crippen molar-refractivity contribution < 1.29 is 9.13 Å². The second kappa shape index (κ2) is 7.51. The first-order valence-electron chi connectivity index (χ1n) is 5.82. The zero-order chi connectivity index (χ0) is 12.7. The van der Waals surface area contributed by atoms with Crippen LogP contribution in [0.5, 0.6) is 5.75 Å².